The van der Waals surface area contributed by atoms with Crippen molar-refractivity contribution >= 4 is 23.2 Å². The van der Waals surface area contributed by atoms with Gasteiger partial charge in [-0.3, -0.25) is 0 Å². The average molecular weight is 396 g/mol. The molecular formula is C22H26ClN5. The molecule has 28 heavy (non-hydrogen) atoms. The van der Waals surface area contributed by atoms with Crippen molar-refractivity contribution in [3.63, 3.8) is 0 Å². The lowest BCUT2D eigenvalue weighted by atomic mass is 10.2. The summed E-state index contributed by atoms with van der Waals surface area (Å²) in [6.07, 6.45) is 1.05. The van der Waals surface area contributed by atoms with Gasteiger partial charge in [0, 0.05) is 29.7 Å². The summed E-state index contributed by atoms with van der Waals surface area (Å²) in [5, 5.41) is 7.56. The minimum absolute atomic E-state index is 0.669. The zero-order chi connectivity index (χ0) is 19.8. The van der Waals surface area contributed by atoms with Crippen molar-refractivity contribution in [1.29, 1.82) is 0 Å². The summed E-state index contributed by atoms with van der Waals surface area (Å²) in [6.45, 7) is 2.56. The third kappa shape index (κ3) is 6.22. The number of anilines is 2. The molecule has 0 unspecified atom stereocenters. The molecule has 0 saturated carbocycles. The van der Waals surface area contributed by atoms with E-state index in [9.17, 15) is 0 Å². The number of halogens is 1. The van der Waals surface area contributed by atoms with Crippen LogP contribution < -0.4 is 10.6 Å². The quantitative estimate of drug-likeness (QED) is 0.511. The molecule has 0 aliphatic carbocycles. The predicted molar refractivity (Wildman–Crippen MR) is 118 cm³/mol. The van der Waals surface area contributed by atoms with Gasteiger partial charge in [-0.25, -0.2) is 9.97 Å². The highest BCUT2D eigenvalue weighted by Gasteiger charge is 2.07. The lowest BCUT2D eigenvalue weighted by Gasteiger charge is -2.13. The fourth-order valence-electron chi connectivity index (χ4n) is 2.75. The van der Waals surface area contributed by atoms with Crippen LogP contribution >= 0.6 is 11.6 Å². The zero-order valence-corrected chi connectivity index (χ0v) is 17.1. The molecule has 5 nitrogen and oxygen atoms in total. The molecule has 2 aromatic carbocycles. The maximum atomic E-state index is 5.97. The van der Waals surface area contributed by atoms with Crippen LogP contribution in [0.4, 0.5) is 11.6 Å². The van der Waals surface area contributed by atoms with Crippen LogP contribution in [0.5, 0.6) is 0 Å². The molecule has 146 valence electrons. The smallest absolute Gasteiger partial charge is 0.163 e. The molecule has 3 aromatic rings. The molecule has 1 aromatic heterocycles. The van der Waals surface area contributed by atoms with Crippen LogP contribution in [-0.2, 0) is 6.54 Å². The summed E-state index contributed by atoms with van der Waals surface area (Å²) in [6, 6.07) is 19.8. The van der Waals surface area contributed by atoms with Gasteiger partial charge in [-0.15, -0.1) is 0 Å². The molecule has 2 N–H and O–H groups in total. The Balaban J connectivity index is 1.75. The number of rotatable bonds is 9. The average Bonchev–Trinajstić information content (AvgIpc) is 2.71. The largest absolute Gasteiger partial charge is 0.370 e. The van der Waals surface area contributed by atoms with Crippen LogP contribution in [0, 0.1) is 0 Å². The minimum atomic E-state index is 0.669. The summed E-state index contributed by atoms with van der Waals surface area (Å²) in [7, 11) is 4.16. The zero-order valence-electron chi connectivity index (χ0n) is 16.3. The second kappa shape index (κ2) is 10.1. The first-order valence-corrected chi connectivity index (χ1v) is 9.79. The molecule has 3 rings (SSSR count). The van der Waals surface area contributed by atoms with Gasteiger partial charge in [0.25, 0.3) is 0 Å². The van der Waals surface area contributed by atoms with Gasteiger partial charge in [0.15, 0.2) is 5.82 Å². The molecule has 0 radical (unpaired) electrons. The first-order valence-electron chi connectivity index (χ1n) is 9.41. The molecule has 0 aliphatic heterocycles. The summed E-state index contributed by atoms with van der Waals surface area (Å²) in [5.74, 6) is 2.32. The normalized spacial score (nSPS) is 10.9. The fourth-order valence-corrected chi connectivity index (χ4v) is 2.88. The van der Waals surface area contributed by atoms with Gasteiger partial charge in [0.2, 0.25) is 0 Å². The summed E-state index contributed by atoms with van der Waals surface area (Å²) < 4.78 is 0. The maximum absolute atomic E-state index is 5.97. The van der Waals surface area contributed by atoms with E-state index in [2.05, 4.69) is 29.6 Å². The van der Waals surface area contributed by atoms with E-state index in [-0.39, 0.29) is 0 Å². The van der Waals surface area contributed by atoms with E-state index in [1.54, 1.807) is 0 Å². The van der Waals surface area contributed by atoms with Gasteiger partial charge in [0.05, 0.1) is 0 Å². The third-order valence-electron chi connectivity index (χ3n) is 4.23. The molecule has 6 heteroatoms. The Morgan fingerprint density at radius 1 is 0.893 bits per heavy atom. The van der Waals surface area contributed by atoms with Crippen LogP contribution in [0.1, 0.15) is 12.0 Å². The molecule has 1 heterocycles. The van der Waals surface area contributed by atoms with Crippen molar-refractivity contribution in [1.82, 2.24) is 14.9 Å². The van der Waals surface area contributed by atoms with Crippen molar-refractivity contribution in [2.24, 2.45) is 0 Å². The second-order valence-electron chi connectivity index (χ2n) is 6.89. The van der Waals surface area contributed by atoms with Gasteiger partial charge in [-0.2, -0.15) is 0 Å². The van der Waals surface area contributed by atoms with Crippen molar-refractivity contribution in [2.75, 3.05) is 37.8 Å². The number of nitrogens with zero attached hydrogens (tertiary/aromatic N) is 3. The van der Waals surface area contributed by atoms with Gasteiger partial charge < -0.3 is 15.5 Å². The van der Waals surface area contributed by atoms with Gasteiger partial charge in [0.1, 0.15) is 11.6 Å². The molecule has 0 bridgehead atoms. The highest BCUT2D eigenvalue weighted by molar-refractivity contribution is 6.30. The van der Waals surface area contributed by atoms with Gasteiger partial charge >= 0.3 is 0 Å². The molecule has 0 amide bonds. The first-order chi connectivity index (χ1) is 13.6. The first kappa shape index (κ1) is 20.1. The molecule has 0 saturated heterocycles. The summed E-state index contributed by atoms with van der Waals surface area (Å²) in [4.78, 5) is 11.6. The monoisotopic (exact) mass is 395 g/mol. The molecule has 0 aliphatic rings. The van der Waals surface area contributed by atoms with Crippen molar-refractivity contribution in [3.8, 4) is 11.4 Å². The van der Waals surface area contributed by atoms with Gasteiger partial charge in [-0.1, -0.05) is 54.1 Å². The van der Waals surface area contributed by atoms with Crippen molar-refractivity contribution < 1.29 is 0 Å². The van der Waals surface area contributed by atoms with Crippen LogP contribution in [-0.4, -0.2) is 42.1 Å². The van der Waals surface area contributed by atoms with E-state index in [0.717, 1.165) is 47.3 Å². The number of aromatic nitrogens is 2. The molecule has 0 fully saturated rings. The lowest BCUT2D eigenvalue weighted by Crippen LogP contribution is -2.17. The third-order valence-corrected chi connectivity index (χ3v) is 4.49. The molecule has 0 spiro atoms. The lowest BCUT2D eigenvalue weighted by molar-refractivity contribution is 0.405. The van der Waals surface area contributed by atoms with Crippen molar-refractivity contribution in [2.45, 2.75) is 13.0 Å². The number of nitrogens with one attached hydrogen (secondary N) is 2. The fraction of sp³-hybridized carbons (Fsp3) is 0.273. The van der Waals surface area contributed by atoms with E-state index in [4.69, 9.17) is 21.6 Å². The minimum Gasteiger partial charge on any atom is -0.370 e. The van der Waals surface area contributed by atoms with E-state index in [1.165, 1.54) is 0 Å². The Morgan fingerprint density at radius 3 is 2.25 bits per heavy atom. The van der Waals surface area contributed by atoms with E-state index < -0.39 is 0 Å². The summed E-state index contributed by atoms with van der Waals surface area (Å²) in [5.41, 5.74) is 2.14. The topological polar surface area (TPSA) is 53.1 Å². The number of hydrogen-bond donors (Lipinski definition) is 2. The highest BCUT2D eigenvalue weighted by Crippen LogP contribution is 2.21. The molecule has 0 atom stereocenters. The van der Waals surface area contributed by atoms with Crippen LogP contribution in [0.3, 0.4) is 0 Å². The van der Waals surface area contributed by atoms with Gasteiger partial charge in [-0.05, 0) is 44.8 Å². The Bertz CT molecular complexity index is 866. The molecular weight excluding hydrogens is 370 g/mol. The Hall–Kier alpha value is -2.63. The highest BCUT2D eigenvalue weighted by atomic mass is 35.5. The van der Waals surface area contributed by atoms with E-state index >= 15 is 0 Å². The van der Waals surface area contributed by atoms with E-state index in [0.29, 0.717) is 12.4 Å². The number of benzene rings is 2. The maximum Gasteiger partial charge on any atom is 0.163 e. The standard InChI is InChI=1S/C22H26ClN5/c1-28(2)14-6-13-24-20-15-21(25-16-17-9-11-19(23)12-10-17)27-22(26-20)18-7-4-3-5-8-18/h3-5,7-12,15H,6,13-14,16H2,1-2H3,(H2,24,25,26,27). The summed E-state index contributed by atoms with van der Waals surface area (Å²) >= 11 is 5.97. The predicted octanol–water partition coefficient (Wildman–Crippen LogP) is 4.77. The Kier molecular flexibility index (Phi) is 7.23. The van der Waals surface area contributed by atoms with Crippen LogP contribution in [0.25, 0.3) is 11.4 Å². The Labute approximate surface area is 171 Å². The SMILES string of the molecule is CN(C)CCCNc1cc(NCc2ccc(Cl)cc2)nc(-c2ccccc2)n1. The Morgan fingerprint density at radius 2 is 1.57 bits per heavy atom. The van der Waals surface area contributed by atoms with Crippen LogP contribution in [0.2, 0.25) is 5.02 Å². The van der Waals surface area contributed by atoms with Crippen molar-refractivity contribution in [3.05, 3.63) is 71.2 Å². The number of hydrogen-bond acceptors (Lipinski definition) is 5. The van der Waals surface area contributed by atoms with E-state index in [1.807, 2.05) is 60.7 Å². The van der Waals surface area contributed by atoms with Crippen LogP contribution in [0.15, 0.2) is 60.7 Å². The second-order valence-corrected chi connectivity index (χ2v) is 7.33.